The fourth-order valence-corrected chi connectivity index (χ4v) is 5.82. The molecule has 0 spiro atoms. The van der Waals surface area contributed by atoms with Gasteiger partial charge in [-0.15, -0.1) is 21.5 Å². The maximum absolute atomic E-state index is 13.6. The van der Waals surface area contributed by atoms with Gasteiger partial charge >= 0.3 is 0 Å². The Bertz CT molecular complexity index is 1190. The van der Waals surface area contributed by atoms with E-state index in [4.69, 9.17) is 4.98 Å². The lowest BCUT2D eigenvalue weighted by molar-refractivity contribution is 0.167. The lowest BCUT2D eigenvalue weighted by Crippen LogP contribution is -2.33. The second kappa shape index (κ2) is 10.1. The second-order valence-electron chi connectivity index (χ2n) is 8.07. The number of pyridine rings is 1. The number of hydrogen-bond acceptors (Lipinski definition) is 7. The van der Waals surface area contributed by atoms with Crippen molar-refractivity contribution in [2.45, 2.75) is 43.1 Å². The van der Waals surface area contributed by atoms with E-state index in [1.807, 2.05) is 18.2 Å². The average Bonchev–Trinajstić information content (AvgIpc) is 3.51. The zero-order valence-corrected chi connectivity index (χ0v) is 20.0. The van der Waals surface area contributed by atoms with Crippen LogP contribution in [0.5, 0.6) is 0 Å². The average molecular weight is 481 g/mol. The summed E-state index contributed by atoms with van der Waals surface area (Å²) in [6.07, 6.45) is 5.47. The van der Waals surface area contributed by atoms with Crippen molar-refractivity contribution in [2.75, 3.05) is 13.1 Å². The molecule has 4 aromatic rings. The molecule has 0 amide bonds. The Morgan fingerprint density at radius 3 is 2.64 bits per heavy atom. The van der Waals surface area contributed by atoms with Gasteiger partial charge in [0, 0.05) is 23.0 Å². The van der Waals surface area contributed by atoms with Crippen LogP contribution in [-0.4, -0.2) is 42.7 Å². The van der Waals surface area contributed by atoms with Crippen molar-refractivity contribution in [2.24, 2.45) is 0 Å². The van der Waals surface area contributed by atoms with E-state index in [0.717, 1.165) is 46.2 Å². The van der Waals surface area contributed by atoms with Crippen molar-refractivity contribution < 1.29 is 4.39 Å². The standard InChI is InChI=1S/C24H25FN6S2/c1-17(30-13-5-2-6-14-30)22-28-29-24(31(22)20-10-8-18(25)9-11-20)33-16-19-15-32-23(27-19)21-7-3-4-12-26-21/h3-4,7-12,15,17H,2,5-6,13-14,16H2,1H3. The summed E-state index contributed by atoms with van der Waals surface area (Å²) in [5.74, 6) is 1.30. The predicted molar refractivity (Wildman–Crippen MR) is 130 cm³/mol. The SMILES string of the molecule is CC(c1nnc(SCc2csc(-c3ccccn3)n2)n1-c1ccc(F)cc1)N1CCCCC1. The Morgan fingerprint density at radius 1 is 1.06 bits per heavy atom. The van der Waals surface area contributed by atoms with E-state index < -0.39 is 0 Å². The number of thioether (sulfide) groups is 1. The summed E-state index contributed by atoms with van der Waals surface area (Å²) in [6, 6.07) is 12.5. The van der Waals surface area contributed by atoms with E-state index in [9.17, 15) is 4.39 Å². The van der Waals surface area contributed by atoms with Gasteiger partial charge in [-0.3, -0.25) is 14.5 Å². The van der Waals surface area contributed by atoms with E-state index in [0.29, 0.717) is 5.75 Å². The Labute approximate surface area is 200 Å². The molecule has 4 heterocycles. The third-order valence-corrected chi connectivity index (χ3v) is 7.72. The van der Waals surface area contributed by atoms with E-state index in [2.05, 4.69) is 37.0 Å². The summed E-state index contributed by atoms with van der Waals surface area (Å²) in [5, 5.41) is 12.9. The minimum atomic E-state index is -0.254. The van der Waals surface area contributed by atoms with Crippen LogP contribution < -0.4 is 0 Å². The normalized spacial score (nSPS) is 15.6. The molecule has 9 heteroatoms. The van der Waals surface area contributed by atoms with Crippen LogP contribution in [0.25, 0.3) is 16.4 Å². The number of aromatic nitrogens is 5. The molecule has 6 nitrogen and oxygen atoms in total. The third-order valence-electron chi connectivity index (χ3n) is 5.84. The Kier molecular flexibility index (Phi) is 6.80. The molecule has 1 atom stereocenters. The van der Waals surface area contributed by atoms with Crippen molar-refractivity contribution in [3.8, 4) is 16.4 Å². The van der Waals surface area contributed by atoms with Crippen molar-refractivity contribution >= 4 is 23.1 Å². The molecule has 5 rings (SSSR count). The fraction of sp³-hybridized carbons (Fsp3) is 0.333. The summed E-state index contributed by atoms with van der Waals surface area (Å²) in [4.78, 5) is 11.6. The van der Waals surface area contributed by atoms with Gasteiger partial charge < -0.3 is 0 Å². The zero-order valence-electron chi connectivity index (χ0n) is 18.4. The number of hydrogen-bond donors (Lipinski definition) is 0. The van der Waals surface area contributed by atoms with Crippen molar-refractivity contribution in [1.29, 1.82) is 0 Å². The first-order valence-electron chi connectivity index (χ1n) is 11.1. The van der Waals surface area contributed by atoms with Gasteiger partial charge in [0.1, 0.15) is 10.8 Å². The molecule has 3 aromatic heterocycles. The van der Waals surface area contributed by atoms with Crippen LogP contribution in [-0.2, 0) is 5.75 Å². The number of likely N-dealkylation sites (tertiary alicyclic amines) is 1. The monoisotopic (exact) mass is 480 g/mol. The first-order chi connectivity index (χ1) is 16.2. The first kappa shape index (κ1) is 22.2. The maximum atomic E-state index is 13.6. The Hall–Kier alpha value is -2.62. The molecule has 1 aromatic carbocycles. The lowest BCUT2D eigenvalue weighted by Gasteiger charge is -2.31. The van der Waals surface area contributed by atoms with Crippen LogP contribution in [0.4, 0.5) is 4.39 Å². The topological polar surface area (TPSA) is 59.7 Å². The molecule has 0 bridgehead atoms. The zero-order chi connectivity index (χ0) is 22.6. The lowest BCUT2D eigenvalue weighted by atomic mass is 10.1. The van der Waals surface area contributed by atoms with Crippen LogP contribution >= 0.6 is 23.1 Å². The summed E-state index contributed by atoms with van der Waals surface area (Å²) >= 11 is 3.18. The van der Waals surface area contributed by atoms with Gasteiger partial charge in [-0.1, -0.05) is 24.2 Å². The first-order valence-corrected chi connectivity index (χ1v) is 13.0. The van der Waals surface area contributed by atoms with Gasteiger partial charge in [0.15, 0.2) is 11.0 Å². The van der Waals surface area contributed by atoms with Crippen molar-refractivity contribution in [3.05, 3.63) is 71.4 Å². The molecule has 0 radical (unpaired) electrons. The van der Waals surface area contributed by atoms with Gasteiger partial charge in [-0.05, 0) is 69.3 Å². The second-order valence-corrected chi connectivity index (χ2v) is 9.87. The molecular weight excluding hydrogens is 455 g/mol. The number of benzene rings is 1. The van der Waals surface area contributed by atoms with Crippen LogP contribution in [0, 0.1) is 5.82 Å². The molecule has 1 unspecified atom stereocenters. The van der Waals surface area contributed by atoms with Gasteiger partial charge in [0.05, 0.1) is 17.4 Å². The summed E-state index contributed by atoms with van der Waals surface area (Å²) < 4.78 is 15.7. The Morgan fingerprint density at radius 2 is 1.88 bits per heavy atom. The van der Waals surface area contributed by atoms with E-state index in [-0.39, 0.29) is 11.9 Å². The minimum Gasteiger partial charge on any atom is -0.294 e. The van der Waals surface area contributed by atoms with E-state index in [1.165, 1.54) is 31.4 Å². The largest absolute Gasteiger partial charge is 0.294 e. The third kappa shape index (κ3) is 5.00. The van der Waals surface area contributed by atoms with Crippen LogP contribution in [0.15, 0.2) is 59.2 Å². The Balaban J connectivity index is 1.40. The van der Waals surface area contributed by atoms with Gasteiger partial charge in [-0.25, -0.2) is 9.37 Å². The molecule has 1 aliphatic heterocycles. The van der Waals surface area contributed by atoms with Crippen molar-refractivity contribution in [3.63, 3.8) is 0 Å². The van der Waals surface area contributed by atoms with E-state index >= 15 is 0 Å². The predicted octanol–water partition coefficient (Wildman–Crippen LogP) is 5.76. The smallest absolute Gasteiger partial charge is 0.196 e. The highest BCUT2D eigenvalue weighted by Gasteiger charge is 2.25. The minimum absolute atomic E-state index is 0.132. The molecule has 33 heavy (non-hydrogen) atoms. The van der Waals surface area contributed by atoms with E-state index in [1.54, 1.807) is 41.4 Å². The molecule has 1 fully saturated rings. The molecule has 0 aliphatic carbocycles. The molecule has 1 aliphatic rings. The van der Waals surface area contributed by atoms with Gasteiger partial charge in [-0.2, -0.15) is 0 Å². The molecular formula is C24H25FN6S2. The maximum Gasteiger partial charge on any atom is 0.196 e. The fourth-order valence-electron chi connectivity index (χ4n) is 4.07. The molecule has 0 saturated carbocycles. The highest BCUT2D eigenvalue weighted by atomic mass is 32.2. The molecule has 1 saturated heterocycles. The summed E-state index contributed by atoms with van der Waals surface area (Å²) in [6.45, 7) is 4.31. The highest BCUT2D eigenvalue weighted by molar-refractivity contribution is 7.98. The van der Waals surface area contributed by atoms with Crippen LogP contribution in [0.2, 0.25) is 0 Å². The van der Waals surface area contributed by atoms with Crippen LogP contribution in [0.3, 0.4) is 0 Å². The molecule has 0 N–H and O–H groups in total. The molecule has 170 valence electrons. The van der Waals surface area contributed by atoms with Crippen molar-refractivity contribution in [1.82, 2.24) is 29.6 Å². The van der Waals surface area contributed by atoms with Crippen LogP contribution in [0.1, 0.15) is 43.7 Å². The highest BCUT2D eigenvalue weighted by Crippen LogP contribution is 2.31. The quantitative estimate of drug-likeness (QED) is 0.313. The number of halogens is 1. The summed E-state index contributed by atoms with van der Waals surface area (Å²) in [7, 11) is 0. The number of rotatable bonds is 7. The number of piperidine rings is 1. The number of nitrogens with zero attached hydrogens (tertiary/aromatic N) is 6. The number of thiazole rings is 1. The van der Waals surface area contributed by atoms with Gasteiger partial charge in [0.25, 0.3) is 0 Å². The van der Waals surface area contributed by atoms with Gasteiger partial charge in [0.2, 0.25) is 0 Å². The summed E-state index contributed by atoms with van der Waals surface area (Å²) in [5.41, 5.74) is 2.73.